The van der Waals surface area contributed by atoms with Crippen molar-refractivity contribution in [1.82, 2.24) is 5.32 Å². The topological polar surface area (TPSA) is 96.3 Å². The van der Waals surface area contributed by atoms with Gasteiger partial charge >= 0.3 is 6.09 Å². The molecule has 172 valence electrons. The number of alkyl carbamates (subject to hydrolysis) is 1. The number of carbonyl (C=O) groups is 1. The van der Waals surface area contributed by atoms with Gasteiger partial charge in [0, 0.05) is 11.5 Å². The molecule has 0 saturated heterocycles. The molecule has 1 atom stereocenters. The van der Waals surface area contributed by atoms with Gasteiger partial charge in [0.15, 0.2) is 0 Å². The number of nitrogens with zero attached hydrogens (tertiary/aromatic N) is 3. The number of ether oxygens (including phenoxy) is 1. The Bertz CT molecular complexity index is 878. The van der Waals surface area contributed by atoms with Crippen molar-refractivity contribution in [3.05, 3.63) is 71.1 Å². The highest BCUT2D eigenvalue weighted by Crippen LogP contribution is 2.36. The summed E-state index contributed by atoms with van der Waals surface area (Å²) in [5, 5.41) is 8.55. The number of azide groups is 1. The van der Waals surface area contributed by atoms with Gasteiger partial charge in [0.05, 0.1) is 12.6 Å². The third kappa shape index (κ3) is 6.60. The third-order valence-electron chi connectivity index (χ3n) is 5.00. The maximum absolute atomic E-state index is 12.4. The van der Waals surface area contributed by atoms with Crippen molar-refractivity contribution in [2.75, 3.05) is 13.2 Å². The zero-order valence-corrected chi connectivity index (χ0v) is 20.8. The predicted molar refractivity (Wildman–Crippen MR) is 131 cm³/mol. The van der Waals surface area contributed by atoms with Gasteiger partial charge in [-0.05, 0) is 41.7 Å². The molecule has 1 amide bonds. The van der Waals surface area contributed by atoms with Gasteiger partial charge in [-0.1, -0.05) is 86.5 Å². The quantitative estimate of drug-likeness (QED) is 0.269. The number of nitrogens with one attached hydrogen (secondary N) is 1. The highest BCUT2D eigenvalue weighted by molar-refractivity contribution is 6.99. The molecule has 1 unspecified atom stereocenters. The summed E-state index contributed by atoms with van der Waals surface area (Å²) in [4.78, 5) is 15.2. The largest absolute Gasteiger partial charge is 0.444 e. The molecule has 0 aromatic heterocycles. The number of hydrogen-bond acceptors (Lipinski definition) is 4. The van der Waals surface area contributed by atoms with E-state index < -0.39 is 26.1 Å². The molecule has 0 heterocycles. The zero-order chi connectivity index (χ0) is 23.8. The number of hydrogen-bond donors (Lipinski definition) is 1. The summed E-state index contributed by atoms with van der Waals surface area (Å²) in [5.41, 5.74) is 8.20. The first-order chi connectivity index (χ1) is 15.0. The van der Waals surface area contributed by atoms with Crippen molar-refractivity contribution in [2.24, 2.45) is 5.11 Å². The Morgan fingerprint density at radius 3 is 1.91 bits per heavy atom. The number of rotatable bonds is 8. The van der Waals surface area contributed by atoms with Crippen LogP contribution in [-0.2, 0) is 9.16 Å². The highest BCUT2D eigenvalue weighted by Gasteiger charge is 2.50. The standard InChI is InChI=1S/C24H34N4O3Si/c1-23(2,3)31-22(29)27-19(17-26-28-25)18-30-32(24(4,5)6,20-13-9-7-10-14-20)21-15-11-8-12-16-21/h7-16,19H,17-18H2,1-6H3,(H,27,29). The summed E-state index contributed by atoms with van der Waals surface area (Å²) in [7, 11) is -2.78. The Balaban J connectivity index is 2.43. The van der Waals surface area contributed by atoms with Gasteiger partial charge in [0.1, 0.15) is 5.60 Å². The van der Waals surface area contributed by atoms with Crippen LogP contribution in [0.15, 0.2) is 65.8 Å². The van der Waals surface area contributed by atoms with Crippen LogP contribution in [-0.4, -0.2) is 39.2 Å². The van der Waals surface area contributed by atoms with Gasteiger partial charge < -0.3 is 14.5 Å². The molecular formula is C24H34N4O3Si. The molecule has 2 rings (SSSR count). The molecule has 32 heavy (non-hydrogen) atoms. The van der Waals surface area contributed by atoms with Crippen molar-refractivity contribution >= 4 is 24.8 Å². The van der Waals surface area contributed by atoms with E-state index in [1.54, 1.807) is 20.8 Å². The van der Waals surface area contributed by atoms with E-state index in [0.717, 1.165) is 10.4 Å². The van der Waals surface area contributed by atoms with Crippen LogP contribution in [0.2, 0.25) is 5.04 Å². The molecule has 0 radical (unpaired) electrons. The fraction of sp³-hybridized carbons (Fsp3) is 0.458. The number of amides is 1. The van der Waals surface area contributed by atoms with Crippen LogP contribution in [0, 0.1) is 0 Å². The SMILES string of the molecule is CC(C)(C)OC(=O)NC(CN=[N+]=[N-])CO[Si](c1ccccc1)(c1ccccc1)C(C)(C)C. The normalized spacial score (nSPS) is 13.1. The van der Waals surface area contributed by atoms with E-state index in [0.29, 0.717) is 0 Å². The minimum absolute atomic E-state index is 0.0634. The minimum Gasteiger partial charge on any atom is -0.444 e. The van der Waals surface area contributed by atoms with Crippen molar-refractivity contribution in [2.45, 2.75) is 58.2 Å². The number of carbonyl (C=O) groups excluding carboxylic acids is 1. The fourth-order valence-corrected chi connectivity index (χ4v) is 8.34. The smallest absolute Gasteiger partial charge is 0.407 e. The lowest BCUT2D eigenvalue weighted by Crippen LogP contribution is -2.67. The molecule has 0 aliphatic carbocycles. The van der Waals surface area contributed by atoms with E-state index in [-0.39, 0.29) is 18.2 Å². The van der Waals surface area contributed by atoms with Crippen LogP contribution in [0.25, 0.3) is 10.4 Å². The van der Waals surface area contributed by atoms with Crippen molar-refractivity contribution in [3.8, 4) is 0 Å². The zero-order valence-electron chi connectivity index (χ0n) is 19.8. The number of benzene rings is 2. The Hall–Kier alpha value is -2.80. The lowest BCUT2D eigenvalue weighted by Gasteiger charge is -2.43. The maximum Gasteiger partial charge on any atom is 0.407 e. The van der Waals surface area contributed by atoms with Gasteiger partial charge in [-0.15, -0.1) is 0 Å². The minimum atomic E-state index is -2.78. The lowest BCUT2D eigenvalue weighted by atomic mass is 10.2. The molecule has 2 aromatic carbocycles. The third-order valence-corrected chi connectivity index (χ3v) is 10.0. The first-order valence-corrected chi connectivity index (χ1v) is 12.7. The molecule has 0 fully saturated rings. The van der Waals surface area contributed by atoms with E-state index in [9.17, 15) is 4.79 Å². The van der Waals surface area contributed by atoms with E-state index in [2.05, 4.69) is 60.4 Å². The van der Waals surface area contributed by atoms with Crippen LogP contribution in [0.3, 0.4) is 0 Å². The van der Waals surface area contributed by atoms with Crippen molar-refractivity contribution in [1.29, 1.82) is 0 Å². The summed E-state index contributed by atoms with van der Waals surface area (Å²) in [6, 6.07) is 20.0. The monoisotopic (exact) mass is 454 g/mol. The summed E-state index contributed by atoms with van der Waals surface area (Å²) in [6.07, 6.45) is -0.568. The lowest BCUT2D eigenvalue weighted by molar-refractivity contribution is 0.0489. The van der Waals surface area contributed by atoms with Gasteiger partial charge in [0.2, 0.25) is 0 Å². The van der Waals surface area contributed by atoms with Gasteiger partial charge in [0.25, 0.3) is 8.32 Å². The van der Waals surface area contributed by atoms with E-state index >= 15 is 0 Å². The molecule has 0 aliphatic heterocycles. The molecule has 8 heteroatoms. The summed E-state index contributed by atoms with van der Waals surface area (Å²) in [6.45, 7) is 12.2. The van der Waals surface area contributed by atoms with Crippen molar-refractivity contribution < 1.29 is 14.0 Å². The Morgan fingerprint density at radius 2 is 1.50 bits per heavy atom. The van der Waals surface area contributed by atoms with Crippen LogP contribution >= 0.6 is 0 Å². The van der Waals surface area contributed by atoms with Gasteiger partial charge in [-0.2, -0.15) is 0 Å². The van der Waals surface area contributed by atoms with Crippen LogP contribution in [0.1, 0.15) is 41.5 Å². The first kappa shape index (κ1) is 25.5. The molecule has 1 N–H and O–H groups in total. The predicted octanol–water partition coefficient (Wildman–Crippen LogP) is 4.77. The molecule has 0 bridgehead atoms. The van der Waals surface area contributed by atoms with Gasteiger partial charge in [-0.25, -0.2) is 4.79 Å². The Morgan fingerprint density at radius 1 is 1.00 bits per heavy atom. The Labute approximate surface area is 191 Å². The first-order valence-electron chi connectivity index (χ1n) is 10.7. The Kier molecular flexibility index (Phi) is 8.49. The molecule has 0 aliphatic rings. The van der Waals surface area contributed by atoms with E-state index in [4.69, 9.17) is 14.7 Å². The fourth-order valence-electron chi connectivity index (χ4n) is 3.74. The van der Waals surface area contributed by atoms with Crippen LogP contribution < -0.4 is 15.7 Å². The van der Waals surface area contributed by atoms with E-state index in [1.165, 1.54) is 0 Å². The van der Waals surface area contributed by atoms with Crippen LogP contribution in [0.4, 0.5) is 4.79 Å². The summed E-state index contributed by atoms with van der Waals surface area (Å²) >= 11 is 0. The molecule has 0 saturated carbocycles. The second-order valence-corrected chi connectivity index (χ2v) is 14.0. The molecule has 7 nitrogen and oxygen atoms in total. The summed E-state index contributed by atoms with van der Waals surface area (Å²) in [5.74, 6) is 0. The van der Waals surface area contributed by atoms with Crippen molar-refractivity contribution in [3.63, 3.8) is 0 Å². The second kappa shape index (κ2) is 10.7. The highest BCUT2D eigenvalue weighted by atomic mass is 28.4. The average molecular weight is 455 g/mol. The average Bonchev–Trinajstić information content (AvgIpc) is 2.71. The maximum atomic E-state index is 12.4. The molecule has 2 aromatic rings. The molecular weight excluding hydrogens is 420 g/mol. The van der Waals surface area contributed by atoms with E-state index in [1.807, 2.05) is 36.4 Å². The molecule has 0 spiro atoms. The summed E-state index contributed by atoms with van der Waals surface area (Å²) < 4.78 is 12.2. The van der Waals surface area contributed by atoms with Gasteiger partial charge in [-0.3, -0.25) is 0 Å². The second-order valence-electron chi connectivity index (χ2n) is 9.73. The van der Waals surface area contributed by atoms with Crippen LogP contribution in [0.5, 0.6) is 0 Å².